The Labute approximate surface area is 97.1 Å². The average molecular weight is 230 g/mol. The molecule has 1 aliphatic rings. The Balaban J connectivity index is 1.89. The molecule has 5 nitrogen and oxygen atoms in total. The minimum absolute atomic E-state index is 0.246. The Kier molecular flexibility index (Phi) is 2.18. The molecule has 1 saturated carbocycles. The van der Waals surface area contributed by atoms with Gasteiger partial charge in [0.15, 0.2) is 5.82 Å². The minimum atomic E-state index is -0.944. The fourth-order valence-corrected chi connectivity index (χ4v) is 1.61. The Morgan fingerprint density at radius 3 is 2.59 bits per heavy atom. The Morgan fingerprint density at radius 2 is 2.00 bits per heavy atom. The zero-order chi connectivity index (χ0) is 11.8. The van der Waals surface area contributed by atoms with E-state index >= 15 is 0 Å². The molecule has 5 heteroatoms. The van der Waals surface area contributed by atoms with Crippen LogP contribution in [0.4, 0.5) is 0 Å². The van der Waals surface area contributed by atoms with Gasteiger partial charge in [0.1, 0.15) is 0 Å². The zero-order valence-electron chi connectivity index (χ0n) is 8.96. The highest BCUT2D eigenvalue weighted by atomic mass is 16.5. The van der Waals surface area contributed by atoms with Gasteiger partial charge < -0.3 is 9.63 Å². The van der Waals surface area contributed by atoms with Gasteiger partial charge in [0.2, 0.25) is 0 Å². The number of aromatic carboxylic acids is 1. The van der Waals surface area contributed by atoms with Crippen LogP contribution in [0.2, 0.25) is 0 Å². The highest BCUT2D eigenvalue weighted by Crippen LogP contribution is 2.38. The highest BCUT2D eigenvalue weighted by molar-refractivity contribution is 5.88. The Hall–Kier alpha value is -2.17. The topological polar surface area (TPSA) is 76.2 Å². The zero-order valence-corrected chi connectivity index (χ0v) is 8.96. The molecule has 1 aliphatic carbocycles. The molecule has 0 unspecified atom stereocenters. The van der Waals surface area contributed by atoms with Gasteiger partial charge in [-0.1, -0.05) is 5.16 Å². The molecule has 0 spiro atoms. The SMILES string of the molecule is O=C(O)c1ccc(-c2nc(C3CC3)no2)cc1. The second-order valence-electron chi connectivity index (χ2n) is 4.11. The Bertz CT molecular complexity index is 555. The second-order valence-corrected chi connectivity index (χ2v) is 4.11. The maximum atomic E-state index is 10.7. The van der Waals surface area contributed by atoms with E-state index in [9.17, 15) is 4.79 Å². The molecule has 1 aromatic carbocycles. The van der Waals surface area contributed by atoms with Crippen molar-refractivity contribution in [1.82, 2.24) is 10.1 Å². The largest absolute Gasteiger partial charge is 0.478 e. The monoisotopic (exact) mass is 230 g/mol. The van der Waals surface area contributed by atoms with E-state index in [1.165, 1.54) is 12.1 Å². The molecule has 0 radical (unpaired) electrons. The normalized spacial score (nSPS) is 14.8. The summed E-state index contributed by atoms with van der Waals surface area (Å²) in [6.45, 7) is 0. The predicted molar refractivity (Wildman–Crippen MR) is 58.7 cm³/mol. The Morgan fingerprint density at radius 1 is 1.29 bits per heavy atom. The number of carboxylic acid groups (broad SMARTS) is 1. The van der Waals surface area contributed by atoms with Crippen molar-refractivity contribution >= 4 is 5.97 Å². The van der Waals surface area contributed by atoms with Crippen LogP contribution in [0.5, 0.6) is 0 Å². The second kappa shape index (κ2) is 3.69. The van der Waals surface area contributed by atoms with Gasteiger partial charge in [-0.25, -0.2) is 4.79 Å². The third kappa shape index (κ3) is 1.91. The molecule has 0 bridgehead atoms. The van der Waals surface area contributed by atoms with Crippen molar-refractivity contribution in [2.24, 2.45) is 0 Å². The number of rotatable bonds is 3. The van der Waals surface area contributed by atoms with E-state index in [4.69, 9.17) is 9.63 Å². The average Bonchev–Trinajstić information content (AvgIpc) is 3.07. The van der Waals surface area contributed by atoms with Crippen LogP contribution in [-0.4, -0.2) is 21.2 Å². The van der Waals surface area contributed by atoms with Crippen molar-refractivity contribution in [3.05, 3.63) is 35.7 Å². The highest BCUT2D eigenvalue weighted by Gasteiger charge is 2.28. The first-order valence-corrected chi connectivity index (χ1v) is 5.41. The molecule has 1 N–H and O–H groups in total. The van der Waals surface area contributed by atoms with Crippen molar-refractivity contribution < 1.29 is 14.4 Å². The lowest BCUT2D eigenvalue weighted by Gasteiger charge is -1.95. The number of aromatic nitrogens is 2. The van der Waals surface area contributed by atoms with Crippen molar-refractivity contribution in [3.63, 3.8) is 0 Å². The summed E-state index contributed by atoms with van der Waals surface area (Å²) >= 11 is 0. The molecule has 3 rings (SSSR count). The van der Waals surface area contributed by atoms with E-state index in [0.717, 1.165) is 24.2 Å². The van der Waals surface area contributed by atoms with Gasteiger partial charge in [-0.15, -0.1) is 0 Å². The number of benzene rings is 1. The van der Waals surface area contributed by atoms with Gasteiger partial charge in [0.05, 0.1) is 5.56 Å². The van der Waals surface area contributed by atoms with Crippen LogP contribution in [-0.2, 0) is 0 Å². The maximum absolute atomic E-state index is 10.7. The third-order valence-electron chi connectivity index (χ3n) is 2.76. The summed E-state index contributed by atoms with van der Waals surface area (Å²) in [6, 6.07) is 6.40. The van der Waals surface area contributed by atoms with E-state index in [0.29, 0.717) is 11.8 Å². The first kappa shape index (κ1) is 10.0. The molecule has 2 aromatic rings. The molecule has 1 heterocycles. The smallest absolute Gasteiger partial charge is 0.335 e. The quantitative estimate of drug-likeness (QED) is 0.875. The first-order valence-electron chi connectivity index (χ1n) is 5.41. The van der Waals surface area contributed by atoms with Crippen LogP contribution < -0.4 is 0 Å². The van der Waals surface area contributed by atoms with Crippen LogP contribution in [0.3, 0.4) is 0 Å². The molecule has 86 valence electrons. The van der Waals surface area contributed by atoms with Gasteiger partial charge in [-0.05, 0) is 37.1 Å². The van der Waals surface area contributed by atoms with Crippen molar-refractivity contribution in [3.8, 4) is 11.5 Å². The lowest BCUT2D eigenvalue weighted by Crippen LogP contribution is -1.94. The number of carbonyl (C=O) groups is 1. The maximum Gasteiger partial charge on any atom is 0.335 e. The van der Waals surface area contributed by atoms with Crippen molar-refractivity contribution in [2.45, 2.75) is 18.8 Å². The molecular formula is C12H10N2O3. The fourth-order valence-electron chi connectivity index (χ4n) is 1.61. The van der Waals surface area contributed by atoms with E-state index < -0.39 is 5.97 Å². The van der Waals surface area contributed by atoms with E-state index in [-0.39, 0.29) is 5.56 Å². The van der Waals surface area contributed by atoms with Gasteiger partial charge >= 0.3 is 5.97 Å². The van der Waals surface area contributed by atoms with Gasteiger partial charge in [-0.2, -0.15) is 4.98 Å². The van der Waals surface area contributed by atoms with E-state index in [1.54, 1.807) is 12.1 Å². The summed E-state index contributed by atoms with van der Waals surface area (Å²) in [5, 5.41) is 12.7. The number of hydrogen-bond donors (Lipinski definition) is 1. The van der Waals surface area contributed by atoms with E-state index in [2.05, 4.69) is 10.1 Å². The van der Waals surface area contributed by atoms with E-state index in [1.807, 2.05) is 0 Å². The molecule has 1 fully saturated rings. The summed E-state index contributed by atoms with van der Waals surface area (Å²) in [5.74, 6) is 0.706. The predicted octanol–water partition coefficient (Wildman–Crippen LogP) is 2.31. The lowest BCUT2D eigenvalue weighted by atomic mass is 10.1. The van der Waals surface area contributed by atoms with Gasteiger partial charge in [-0.3, -0.25) is 0 Å². The van der Waals surface area contributed by atoms with Crippen molar-refractivity contribution in [2.75, 3.05) is 0 Å². The molecule has 0 aliphatic heterocycles. The lowest BCUT2D eigenvalue weighted by molar-refractivity contribution is 0.0697. The number of carboxylic acids is 1. The van der Waals surface area contributed by atoms with Crippen LogP contribution in [0.1, 0.15) is 34.9 Å². The van der Waals surface area contributed by atoms with Crippen LogP contribution in [0, 0.1) is 0 Å². The summed E-state index contributed by atoms with van der Waals surface area (Å²) in [5.41, 5.74) is 0.991. The fraction of sp³-hybridized carbons (Fsp3) is 0.250. The first-order chi connectivity index (χ1) is 8.24. The molecule has 17 heavy (non-hydrogen) atoms. The van der Waals surface area contributed by atoms with Gasteiger partial charge in [0, 0.05) is 11.5 Å². The summed E-state index contributed by atoms with van der Waals surface area (Å²) < 4.78 is 5.14. The molecule has 0 atom stereocenters. The van der Waals surface area contributed by atoms with Crippen molar-refractivity contribution in [1.29, 1.82) is 0 Å². The molecular weight excluding hydrogens is 220 g/mol. The molecule has 0 amide bonds. The number of nitrogens with zero attached hydrogens (tertiary/aromatic N) is 2. The number of hydrogen-bond acceptors (Lipinski definition) is 4. The molecule has 0 saturated heterocycles. The van der Waals surface area contributed by atoms with Crippen LogP contribution in [0.25, 0.3) is 11.5 Å². The summed E-state index contributed by atoms with van der Waals surface area (Å²) in [6.07, 6.45) is 2.24. The summed E-state index contributed by atoms with van der Waals surface area (Å²) in [4.78, 5) is 15.0. The standard InChI is InChI=1S/C12H10N2O3/c15-12(16)9-5-3-8(4-6-9)11-13-10(14-17-11)7-1-2-7/h3-7H,1-2H2,(H,15,16). The third-order valence-corrected chi connectivity index (χ3v) is 2.76. The van der Waals surface area contributed by atoms with Crippen LogP contribution >= 0.6 is 0 Å². The van der Waals surface area contributed by atoms with Gasteiger partial charge in [0.25, 0.3) is 5.89 Å². The minimum Gasteiger partial charge on any atom is -0.478 e. The summed E-state index contributed by atoms with van der Waals surface area (Å²) in [7, 11) is 0. The molecule has 1 aromatic heterocycles. The van der Waals surface area contributed by atoms with Crippen LogP contribution in [0.15, 0.2) is 28.8 Å².